The quantitative estimate of drug-likeness (QED) is 0.164. The van der Waals surface area contributed by atoms with E-state index in [0.29, 0.717) is 33.7 Å². The molecule has 11 aromatic rings. The summed E-state index contributed by atoms with van der Waals surface area (Å²) >= 11 is 0. The molecule has 0 fully saturated rings. The van der Waals surface area contributed by atoms with Gasteiger partial charge in [0.2, 0.25) is 0 Å². The molecule has 0 spiro atoms. The van der Waals surface area contributed by atoms with Gasteiger partial charge < -0.3 is 4.42 Å². The van der Waals surface area contributed by atoms with E-state index in [1.165, 1.54) is 6.07 Å². The van der Waals surface area contributed by atoms with Crippen LogP contribution in [0.25, 0.3) is 110 Å². The molecule has 0 aliphatic carbocycles. The van der Waals surface area contributed by atoms with Crippen molar-refractivity contribution in [1.82, 2.24) is 9.97 Å². The van der Waals surface area contributed by atoms with Crippen molar-refractivity contribution in [3.63, 3.8) is 0 Å². The highest BCUT2D eigenvalue weighted by molar-refractivity contribution is 6.25. The van der Waals surface area contributed by atoms with E-state index >= 15 is 13.2 Å². The van der Waals surface area contributed by atoms with Gasteiger partial charge in [-0.2, -0.15) is 13.2 Å². The van der Waals surface area contributed by atoms with Crippen LogP contribution in [0.1, 0.15) is 5.56 Å². The van der Waals surface area contributed by atoms with Crippen molar-refractivity contribution in [3.05, 3.63) is 194 Å². The SMILES string of the molecule is FC(F)(F)c1cc(-c2cccc(-c3cccc4c3oc3c(-c5cccc(-c6ccccc6)n5)cccc34)n2)ccc1-c1ccc2c3ccccc3c3ccccc3c2c1. The molecule has 3 nitrogen and oxygen atoms in total. The molecule has 0 aliphatic heterocycles. The average Bonchev–Trinajstić information content (AvgIpc) is 3.68. The lowest BCUT2D eigenvalue weighted by Gasteiger charge is -2.17. The molecule has 0 aliphatic rings. The highest BCUT2D eigenvalue weighted by Crippen LogP contribution is 2.44. The van der Waals surface area contributed by atoms with Crippen LogP contribution in [0.15, 0.2) is 192 Å². The molecular formula is C53H31F3N2O. The molecule has 8 aromatic carbocycles. The van der Waals surface area contributed by atoms with Crippen LogP contribution in [0.3, 0.4) is 0 Å². The zero-order valence-electron chi connectivity index (χ0n) is 31.3. The van der Waals surface area contributed by atoms with Crippen LogP contribution in [0.4, 0.5) is 13.2 Å². The van der Waals surface area contributed by atoms with Crippen LogP contribution in [-0.2, 0) is 6.18 Å². The molecule has 0 saturated carbocycles. The maximum atomic E-state index is 15.1. The first kappa shape index (κ1) is 34.7. The third-order valence-corrected chi connectivity index (χ3v) is 11.3. The van der Waals surface area contributed by atoms with Crippen molar-refractivity contribution in [3.8, 4) is 56.2 Å². The molecule has 0 bridgehead atoms. The molecule has 0 N–H and O–H groups in total. The Kier molecular flexibility index (Phi) is 7.95. The molecule has 0 amide bonds. The van der Waals surface area contributed by atoms with Crippen LogP contribution in [0, 0.1) is 0 Å². The van der Waals surface area contributed by atoms with E-state index in [1.807, 2.05) is 140 Å². The number of alkyl halides is 3. The number of para-hydroxylation sites is 2. The summed E-state index contributed by atoms with van der Waals surface area (Å²) in [4.78, 5) is 9.94. The van der Waals surface area contributed by atoms with Crippen LogP contribution in [-0.4, -0.2) is 9.97 Å². The van der Waals surface area contributed by atoms with E-state index in [-0.39, 0.29) is 5.56 Å². The molecule has 280 valence electrons. The Labute approximate surface area is 336 Å². The van der Waals surface area contributed by atoms with Crippen molar-refractivity contribution in [2.75, 3.05) is 0 Å². The monoisotopic (exact) mass is 768 g/mol. The molecule has 3 aromatic heterocycles. The Morgan fingerprint density at radius 1 is 0.322 bits per heavy atom. The Hall–Kier alpha value is -7.57. The van der Waals surface area contributed by atoms with E-state index in [4.69, 9.17) is 14.4 Å². The van der Waals surface area contributed by atoms with Crippen molar-refractivity contribution in [1.29, 1.82) is 0 Å². The Bertz CT molecular complexity index is 3410. The molecule has 0 saturated heterocycles. The number of furan rings is 1. The van der Waals surface area contributed by atoms with E-state index in [1.54, 1.807) is 24.3 Å². The number of hydrogen-bond acceptors (Lipinski definition) is 3. The Balaban J connectivity index is 1.00. The summed E-state index contributed by atoms with van der Waals surface area (Å²) in [5.41, 5.74) is 6.87. The fraction of sp³-hybridized carbons (Fsp3) is 0.0189. The minimum atomic E-state index is -4.61. The summed E-state index contributed by atoms with van der Waals surface area (Å²) in [6, 6.07) is 59.7. The maximum Gasteiger partial charge on any atom is 0.417 e. The number of hydrogen-bond donors (Lipinski definition) is 0. The van der Waals surface area contributed by atoms with E-state index in [2.05, 4.69) is 18.2 Å². The van der Waals surface area contributed by atoms with Gasteiger partial charge in [0.15, 0.2) is 0 Å². The first-order valence-corrected chi connectivity index (χ1v) is 19.4. The topological polar surface area (TPSA) is 38.9 Å². The number of aromatic nitrogens is 2. The van der Waals surface area contributed by atoms with Crippen LogP contribution in [0.2, 0.25) is 0 Å². The number of benzene rings is 8. The number of nitrogens with zero attached hydrogens (tertiary/aromatic N) is 2. The molecule has 0 radical (unpaired) electrons. The standard InChI is InChI=1S/C53H31F3N2O/c54-53(55,56)46-31-34(27-28-35(46)33-26-29-40-38-16-5-4-14-36(38)37-15-6-7-17-39(37)45(40)30-33)48-23-11-25-50(58-48)44-21-9-19-42-41-18-8-20-43(51(41)59-52(42)44)49-24-10-22-47(57-49)32-12-2-1-3-13-32/h1-31H. The molecule has 59 heavy (non-hydrogen) atoms. The van der Waals surface area contributed by atoms with E-state index in [9.17, 15) is 0 Å². The molecule has 3 heterocycles. The predicted molar refractivity (Wildman–Crippen MR) is 234 cm³/mol. The van der Waals surface area contributed by atoms with Crippen LogP contribution in [0.5, 0.6) is 0 Å². The smallest absolute Gasteiger partial charge is 0.417 e. The summed E-state index contributed by atoms with van der Waals surface area (Å²) in [7, 11) is 0. The summed E-state index contributed by atoms with van der Waals surface area (Å²) in [6.45, 7) is 0. The minimum absolute atomic E-state index is 0.114. The molecule has 6 heteroatoms. The van der Waals surface area contributed by atoms with Gasteiger partial charge in [0.05, 0.1) is 28.3 Å². The number of halogens is 3. The van der Waals surface area contributed by atoms with Gasteiger partial charge in [0.25, 0.3) is 0 Å². The lowest BCUT2D eigenvalue weighted by molar-refractivity contribution is -0.137. The summed E-state index contributed by atoms with van der Waals surface area (Å²) in [5, 5.41) is 7.99. The predicted octanol–water partition coefficient (Wildman–Crippen LogP) is 15.2. The molecule has 0 atom stereocenters. The van der Waals surface area contributed by atoms with Gasteiger partial charge in [-0.05, 0) is 92.0 Å². The second-order valence-corrected chi connectivity index (χ2v) is 14.8. The first-order valence-electron chi connectivity index (χ1n) is 19.4. The number of rotatable bonds is 5. The number of fused-ring (bicyclic) bond motifs is 9. The van der Waals surface area contributed by atoms with Crippen molar-refractivity contribution < 1.29 is 17.6 Å². The van der Waals surface area contributed by atoms with Gasteiger partial charge in [-0.15, -0.1) is 0 Å². The number of pyridine rings is 2. The zero-order chi connectivity index (χ0) is 39.7. The van der Waals surface area contributed by atoms with Crippen molar-refractivity contribution in [2.24, 2.45) is 0 Å². The summed E-state index contributed by atoms with van der Waals surface area (Å²) in [5.74, 6) is 0. The van der Waals surface area contributed by atoms with Gasteiger partial charge >= 0.3 is 6.18 Å². The molecule has 0 unspecified atom stereocenters. The fourth-order valence-corrected chi connectivity index (χ4v) is 8.59. The summed E-state index contributed by atoms with van der Waals surface area (Å²) in [6.07, 6.45) is -4.61. The Morgan fingerprint density at radius 3 is 1.36 bits per heavy atom. The fourth-order valence-electron chi connectivity index (χ4n) is 8.59. The van der Waals surface area contributed by atoms with Gasteiger partial charge in [-0.1, -0.05) is 140 Å². The summed E-state index contributed by atoms with van der Waals surface area (Å²) < 4.78 is 51.9. The first-order chi connectivity index (χ1) is 28.9. The Morgan fingerprint density at radius 2 is 0.780 bits per heavy atom. The van der Waals surface area contributed by atoms with Crippen molar-refractivity contribution >= 4 is 54.3 Å². The second-order valence-electron chi connectivity index (χ2n) is 14.8. The normalized spacial score (nSPS) is 12.0. The zero-order valence-corrected chi connectivity index (χ0v) is 31.3. The second kappa shape index (κ2) is 13.5. The van der Waals surface area contributed by atoms with Gasteiger partial charge in [-0.25, -0.2) is 9.97 Å². The average molecular weight is 769 g/mol. The minimum Gasteiger partial charge on any atom is -0.455 e. The van der Waals surface area contributed by atoms with Crippen LogP contribution >= 0.6 is 0 Å². The molecular weight excluding hydrogens is 738 g/mol. The lowest BCUT2D eigenvalue weighted by Crippen LogP contribution is -2.07. The third kappa shape index (κ3) is 5.83. The van der Waals surface area contributed by atoms with Crippen molar-refractivity contribution in [2.45, 2.75) is 6.18 Å². The maximum absolute atomic E-state index is 15.1. The van der Waals surface area contributed by atoms with E-state index < -0.39 is 11.7 Å². The van der Waals surface area contributed by atoms with E-state index in [0.717, 1.165) is 71.2 Å². The highest BCUT2D eigenvalue weighted by atomic mass is 19.4. The van der Waals surface area contributed by atoms with Crippen LogP contribution < -0.4 is 0 Å². The van der Waals surface area contributed by atoms with Gasteiger partial charge in [0.1, 0.15) is 11.2 Å². The van der Waals surface area contributed by atoms with Gasteiger partial charge in [-0.3, -0.25) is 0 Å². The molecule has 11 rings (SSSR count). The lowest BCUT2D eigenvalue weighted by atomic mass is 9.90. The highest BCUT2D eigenvalue weighted by Gasteiger charge is 2.34. The largest absolute Gasteiger partial charge is 0.455 e. The van der Waals surface area contributed by atoms with Gasteiger partial charge in [0, 0.05) is 33.0 Å². The third-order valence-electron chi connectivity index (χ3n) is 11.3.